The molecule has 1 fully saturated rings. The van der Waals surface area contributed by atoms with Crippen molar-refractivity contribution in [2.75, 3.05) is 43.6 Å². The Morgan fingerprint density at radius 3 is 2.68 bits per heavy atom. The number of nitrogens with two attached hydrogens (primary N) is 1. The number of benzene rings is 1. The van der Waals surface area contributed by atoms with Crippen molar-refractivity contribution in [3.05, 3.63) is 34.5 Å². The Kier molecular flexibility index (Phi) is 8.43. The predicted octanol–water partition coefficient (Wildman–Crippen LogP) is 3.68. The van der Waals surface area contributed by atoms with Crippen LogP contribution in [0.2, 0.25) is 5.02 Å². The molecule has 3 rings (SSSR count). The molecule has 2 aromatic rings. The summed E-state index contributed by atoms with van der Waals surface area (Å²) in [6.45, 7) is 11.6. The summed E-state index contributed by atoms with van der Waals surface area (Å²) in [5.74, 6) is 1.62. The van der Waals surface area contributed by atoms with Gasteiger partial charge in [-0.2, -0.15) is 4.98 Å². The van der Waals surface area contributed by atoms with Gasteiger partial charge in [0.1, 0.15) is 5.82 Å². The molecule has 1 aliphatic rings. The molecule has 9 nitrogen and oxygen atoms in total. The first kappa shape index (κ1) is 25.8. The van der Waals surface area contributed by atoms with E-state index in [4.69, 9.17) is 31.5 Å². The van der Waals surface area contributed by atoms with Crippen molar-refractivity contribution in [1.82, 2.24) is 15.3 Å². The SMILES string of the molecule is CCOc1cc(C2COCCCN2c2cc(C)nc(N)n2)c(Cl)cc1OCC(=O)NC(C)(C)C. The van der Waals surface area contributed by atoms with Gasteiger partial charge in [0.25, 0.3) is 5.91 Å². The quantitative estimate of drug-likeness (QED) is 0.603. The summed E-state index contributed by atoms with van der Waals surface area (Å²) >= 11 is 6.75. The minimum absolute atomic E-state index is 0.148. The summed E-state index contributed by atoms with van der Waals surface area (Å²) in [6, 6.07) is 5.22. The monoisotopic (exact) mass is 491 g/mol. The zero-order chi connectivity index (χ0) is 24.9. The van der Waals surface area contributed by atoms with Crippen molar-refractivity contribution in [3.8, 4) is 11.5 Å². The molecule has 3 N–H and O–H groups in total. The van der Waals surface area contributed by atoms with E-state index in [-0.39, 0.29) is 30.0 Å². The molecular weight excluding hydrogens is 458 g/mol. The zero-order valence-electron chi connectivity index (χ0n) is 20.5. The number of nitrogens with zero attached hydrogens (tertiary/aromatic N) is 3. The molecule has 1 aliphatic heterocycles. The van der Waals surface area contributed by atoms with E-state index in [1.807, 2.05) is 46.8 Å². The Hall–Kier alpha value is -2.78. The maximum absolute atomic E-state index is 12.2. The Morgan fingerprint density at radius 2 is 2.00 bits per heavy atom. The maximum atomic E-state index is 12.2. The molecule has 0 saturated carbocycles. The Morgan fingerprint density at radius 1 is 1.26 bits per heavy atom. The van der Waals surface area contributed by atoms with Gasteiger partial charge < -0.3 is 30.2 Å². The highest BCUT2D eigenvalue weighted by Crippen LogP contribution is 2.40. The third-order valence-corrected chi connectivity index (χ3v) is 5.41. The lowest BCUT2D eigenvalue weighted by Crippen LogP contribution is -2.43. The molecule has 34 heavy (non-hydrogen) atoms. The average Bonchev–Trinajstić information content (AvgIpc) is 2.98. The fraction of sp³-hybridized carbons (Fsp3) is 0.542. The van der Waals surface area contributed by atoms with Gasteiger partial charge in [0.05, 0.1) is 19.3 Å². The van der Waals surface area contributed by atoms with Crippen LogP contribution < -0.4 is 25.4 Å². The van der Waals surface area contributed by atoms with Gasteiger partial charge in [0.15, 0.2) is 18.1 Å². The van der Waals surface area contributed by atoms with Gasteiger partial charge in [-0.15, -0.1) is 0 Å². The third kappa shape index (κ3) is 6.87. The van der Waals surface area contributed by atoms with Gasteiger partial charge >= 0.3 is 0 Å². The number of hydrogen-bond acceptors (Lipinski definition) is 8. The number of anilines is 2. The van der Waals surface area contributed by atoms with Gasteiger partial charge in [0, 0.05) is 41.5 Å². The minimum atomic E-state index is -0.351. The van der Waals surface area contributed by atoms with Gasteiger partial charge in [-0.05, 0) is 52.7 Å². The van der Waals surface area contributed by atoms with Crippen molar-refractivity contribution < 1.29 is 19.0 Å². The standard InChI is InChI=1S/C24H34ClN5O4/c1-6-33-19-11-16(17(25)12-20(19)34-14-22(31)29-24(3,4)5)18-13-32-9-7-8-30(18)21-10-15(2)27-23(26)28-21/h10-12,18H,6-9,13-14H2,1-5H3,(H,29,31)(H2,26,27,28). The summed E-state index contributed by atoms with van der Waals surface area (Å²) in [5, 5.41) is 3.36. The van der Waals surface area contributed by atoms with E-state index in [0.29, 0.717) is 48.7 Å². The van der Waals surface area contributed by atoms with Crippen LogP contribution in [-0.4, -0.2) is 54.4 Å². The van der Waals surface area contributed by atoms with Crippen LogP contribution in [-0.2, 0) is 9.53 Å². The van der Waals surface area contributed by atoms with Gasteiger partial charge in [-0.1, -0.05) is 11.6 Å². The molecule has 1 aromatic heterocycles. The van der Waals surface area contributed by atoms with Gasteiger partial charge in [-0.3, -0.25) is 4.79 Å². The van der Waals surface area contributed by atoms with Crippen LogP contribution in [0.5, 0.6) is 11.5 Å². The van der Waals surface area contributed by atoms with E-state index in [1.54, 1.807) is 6.07 Å². The number of carbonyl (C=O) groups excluding carboxylic acids is 1. The van der Waals surface area contributed by atoms with Crippen LogP contribution in [0.15, 0.2) is 18.2 Å². The zero-order valence-corrected chi connectivity index (χ0v) is 21.2. The van der Waals surface area contributed by atoms with E-state index in [9.17, 15) is 4.79 Å². The average molecular weight is 492 g/mol. The van der Waals surface area contributed by atoms with E-state index in [1.165, 1.54) is 0 Å². The van der Waals surface area contributed by atoms with Crippen molar-refractivity contribution in [2.24, 2.45) is 0 Å². The molecule has 2 heterocycles. The number of aromatic nitrogens is 2. The topological polar surface area (TPSA) is 112 Å². The molecular formula is C24H34ClN5O4. The molecule has 1 saturated heterocycles. The number of ether oxygens (including phenoxy) is 3. The normalized spacial score (nSPS) is 16.6. The summed E-state index contributed by atoms with van der Waals surface area (Å²) in [7, 11) is 0. The number of nitrogens with one attached hydrogen (secondary N) is 1. The van der Waals surface area contributed by atoms with E-state index < -0.39 is 0 Å². The molecule has 1 unspecified atom stereocenters. The fourth-order valence-electron chi connectivity index (χ4n) is 3.82. The first-order valence-corrected chi connectivity index (χ1v) is 11.8. The lowest BCUT2D eigenvalue weighted by molar-refractivity contribution is -0.124. The number of aryl methyl sites for hydroxylation is 1. The molecule has 1 atom stereocenters. The first-order valence-electron chi connectivity index (χ1n) is 11.4. The molecule has 0 aliphatic carbocycles. The van der Waals surface area contributed by atoms with Crippen LogP contribution in [0.1, 0.15) is 51.4 Å². The summed E-state index contributed by atoms with van der Waals surface area (Å²) < 4.78 is 17.5. The number of amides is 1. The number of nitrogen functional groups attached to an aromatic ring is 1. The number of halogens is 1. The molecule has 0 spiro atoms. The Labute approximate surface area is 205 Å². The van der Waals surface area contributed by atoms with Crippen LogP contribution in [0.3, 0.4) is 0 Å². The molecule has 10 heteroatoms. The predicted molar refractivity (Wildman–Crippen MR) is 133 cm³/mol. The van der Waals surface area contributed by atoms with E-state index in [2.05, 4.69) is 20.2 Å². The summed E-state index contributed by atoms with van der Waals surface area (Å²) in [4.78, 5) is 23.0. The lowest BCUT2D eigenvalue weighted by Gasteiger charge is -2.32. The van der Waals surface area contributed by atoms with Crippen molar-refractivity contribution in [1.29, 1.82) is 0 Å². The van der Waals surface area contributed by atoms with Crippen molar-refractivity contribution >= 4 is 29.3 Å². The second-order valence-corrected chi connectivity index (χ2v) is 9.61. The van der Waals surface area contributed by atoms with Crippen LogP contribution in [0, 0.1) is 6.92 Å². The second-order valence-electron chi connectivity index (χ2n) is 9.20. The van der Waals surface area contributed by atoms with E-state index >= 15 is 0 Å². The highest BCUT2D eigenvalue weighted by molar-refractivity contribution is 6.31. The lowest BCUT2D eigenvalue weighted by atomic mass is 10.0. The Balaban J connectivity index is 1.93. The number of hydrogen-bond donors (Lipinski definition) is 2. The van der Waals surface area contributed by atoms with Crippen molar-refractivity contribution in [3.63, 3.8) is 0 Å². The minimum Gasteiger partial charge on any atom is -0.490 e. The third-order valence-electron chi connectivity index (χ3n) is 5.09. The van der Waals surface area contributed by atoms with Gasteiger partial charge in [0.2, 0.25) is 5.95 Å². The van der Waals surface area contributed by atoms with E-state index in [0.717, 1.165) is 17.7 Å². The van der Waals surface area contributed by atoms with Crippen LogP contribution in [0.4, 0.5) is 11.8 Å². The molecule has 1 amide bonds. The molecule has 0 bridgehead atoms. The van der Waals surface area contributed by atoms with Crippen molar-refractivity contribution in [2.45, 2.75) is 52.6 Å². The highest BCUT2D eigenvalue weighted by Gasteiger charge is 2.28. The Bertz CT molecular complexity index is 991. The molecule has 186 valence electrons. The molecule has 0 radical (unpaired) electrons. The number of carbonyl (C=O) groups is 1. The van der Waals surface area contributed by atoms with Gasteiger partial charge in [-0.25, -0.2) is 4.98 Å². The molecule has 1 aromatic carbocycles. The smallest absolute Gasteiger partial charge is 0.258 e. The largest absolute Gasteiger partial charge is 0.490 e. The number of rotatable bonds is 7. The fourth-order valence-corrected chi connectivity index (χ4v) is 4.10. The summed E-state index contributed by atoms with van der Waals surface area (Å²) in [6.07, 6.45) is 0.833. The summed E-state index contributed by atoms with van der Waals surface area (Å²) in [5.41, 5.74) is 7.17. The maximum Gasteiger partial charge on any atom is 0.258 e. The van der Waals surface area contributed by atoms with Crippen LogP contribution >= 0.6 is 11.6 Å². The second kappa shape index (κ2) is 11.1. The highest BCUT2D eigenvalue weighted by atomic mass is 35.5. The van der Waals surface area contributed by atoms with Crippen LogP contribution in [0.25, 0.3) is 0 Å². The first-order chi connectivity index (χ1) is 16.1.